The summed E-state index contributed by atoms with van der Waals surface area (Å²) >= 11 is 0. The maximum atomic E-state index is 12.8. The minimum atomic E-state index is -0.306. The molecular weight excluding hydrogens is 512 g/mol. The van der Waals surface area contributed by atoms with E-state index in [1.807, 2.05) is 12.1 Å². The number of benzene rings is 1. The van der Waals surface area contributed by atoms with Gasteiger partial charge in [-0.1, -0.05) is 26.8 Å². The third-order valence-electron chi connectivity index (χ3n) is 13.6. The van der Waals surface area contributed by atoms with Crippen molar-refractivity contribution in [3.8, 4) is 0 Å². The summed E-state index contributed by atoms with van der Waals surface area (Å²) < 4.78 is 19.4. The molecule has 2 aliphatic heterocycles. The van der Waals surface area contributed by atoms with Crippen molar-refractivity contribution in [2.24, 2.45) is 46.3 Å². The summed E-state index contributed by atoms with van der Waals surface area (Å²) in [6.07, 6.45) is 14.6. The second kappa shape index (κ2) is 10.1. The van der Waals surface area contributed by atoms with E-state index in [0.29, 0.717) is 58.9 Å². The van der Waals surface area contributed by atoms with Crippen LogP contribution in [-0.2, 0) is 25.4 Å². The second-order valence-corrected chi connectivity index (χ2v) is 15.4. The predicted octanol–water partition coefficient (Wildman–Crippen LogP) is 6.90. The first-order valence-corrected chi connectivity index (χ1v) is 16.8. The number of fused-ring (bicyclic) bond motifs is 7. The zero-order valence-electron chi connectivity index (χ0n) is 25.5. The van der Waals surface area contributed by atoms with Gasteiger partial charge in [0.05, 0.1) is 12.7 Å². The highest BCUT2D eigenvalue weighted by molar-refractivity contribution is 5.70. The third kappa shape index (κ3) is 4.44. The van der Waals surface area contributed by atoms with Crippen LogP contribution in [0.5, 0.6) is 0 Å². The van der Waals surface area contributed by atoms with Crippen molar-refractivity contribution in [2.75, 3.05) is 18.1 Å². The molecular formula is C35H52N2O4. The highest BCUT2D eigenvalue weighted by Crippen LogP contribution is 2.71. The van der Waals surface area contributed by atoms with E-state index in [1.165, 1.54) is 51.4 Å². The summed E-state index contributed by atoms with van der Waals surface area (Å²) in [6.45, 7) is 8.53. The number of ether oxygens (including phenoxy) is 3. The fourth-order valence-corrected chi connectivity index (χ4v) is 11.6. The number of carbonyl (C=O) groups excluding carboxylic acids is 1. The molecule has 1 spiro atoms. The van der Waals surface area contributed by atoms with Crippen molar-refractivity contribution >= 4 is 17.3 Å². The normalized spacial score (nSPS) is 46.8. The van der Waals surface area contributed by atoms with E-state index < -0.39 is 0 Å². The minimum Gasteiger partial charge on any atom is -0.462 e. The van der Waals surface area contributed by atoms with Crippen LogP contribution in [0.2, 0.25) is 0 Å². The van der Waals surface area contributed by atoms with Crippen LogP contribution in [0.4, 0.5) is 11.4 Å². The molecule has 226 valence electrons. The Labute approximate surface area is 246 Å². The summed E-state index contributed by atoms with van der Waals surface area (Å²) in [5.41, 5.74) is 14.9. The van der Waals surface area contributed by atoms with Gasteiger partial charge < -0.3 is 25.7 Å². The summed E-state index contributed by atoms with van der Waals surface area (Å²) in [5, 5.41) is 0. The lowest BCUT2D eigenvalue weighted by Gasteiger charge is -2.61. The molecule has 4 saturated carbocycles. The number of hydrogen-bond donors (Lipinski definition) is 2. The highest BCUT2D eigenvalue weighted by atomic mass is 16.7. The topological polar surface area (TPSA) is 96.8 Å². The average molecular weight is 565 g/mol. The van der Waals surface area contributed by atoms with Crippen molar-refractivity contribution < 1.29 is 19.0 Å². The van der Waals surface area contributed by atoms with Crippen molar-refractivity contribution in [1.82, 2.24) is 0 Å². The van der Waals surface area contributed by atoms with Gasteiger partial charge in [0.25, 0.3) is 0 Å². The number of carbonyl (C=O) groups is 1. The zero-order valence-corrected chi connectivity index (χ0v) is 25.5. The van der Waals surface area contributed by atoms with E-state index in [1.54, 1.807) is 6.07 Å². The second-order valence-electron chi connectivity index (χ2n) is 15.4. The standard InChI is InChI=1S/C35H52N2O4/c1-21-32-30(41-35(21)14-4-5-17-39-35)20-28-26-10-8-23-18-25(12-15-33(23,2)27(26)13-16-34(28,32)3)40-31(38)11-7-22-6-9-24(36)19-29(22)37/h6,9,19,21,23,25-28,30,32H,4-5,7-8,10-18,20,36-37H2,1-3H3. The van der Waals surface area contributed by atoms with Crippen LogP contribution in [0.15, 0.2) is 18.2 Å². The lowest BCUT2D eigenvalue weighted by molar-refractivity contribution is -0.265. The molecule has 2 saturated heterocycles. The third-order valence-corrected chi connectivity index (χ3v) is 13.6. The van der Waals surface area contributed by atoms with Crippen LogP contribution in [0, 0.1) is 46.3 Å². The van der Waals surface area contributed by atoms with Gasteiger partial charge >= 0.3 is 5.97 Å². The van der Waals surface area contributed by atoms with Crippen LogP contribution < -0.4 is 11.5 Å². The van der Waals surface area contributed by atoms with E-state index in [9.17, 15) is 4.79 Å². The van der Waals surface area contributed by atoms with E-state index in [2.05, 4.69) is 20.8 Å². The molecule has 1 aromatic carbocycles. The van der Waals surface area contributed by atoms with Gasteiger partial charge in [0.2, 0.25) is 0 Å². The Balaban J connectivity index is 0.983. The van der Waals surface area contributed by atoms with E-state index in [0.717, 1.165) is 49.2 Å². The zero-order chi connectivity index (χ0) is 28.6. The Morgan fingerprint density at radius 2 is 1.83 bits per heavy atom. The summed E-state index contributed by atoms with van der Waals surface area (Å²) in [7, 11) is 0. The highest BCUT2D eigenvalue weighted by Gasteiger charge is 2.69. The number of nitrogens with two attached hydrogens (primary N) is 2. The lowest BCUT2D eigenvalue weighted by atomic mass is 9.44. The monoisotopic (exact) mass is 564 g/mol. The first kappa shape index (κ1) is 28.0. The van der Waals surface area contributed by atoms with Crippen LogP contribution >= 0.6 is 0 Å². The molecule has 0 radical (unpaired) electrons. The van der Waals surface area contributed by atoms with Gasteiger partial charge in [-0.25, -0.2) is 0 Å². The largest absolute Gasteiger partial charge is 0.462 e. The number of rotatable bonds is 4. The first-order valence-electron chi connectivity index (χ1n) is 16.8. The average Bonchev–Trinajstić information content (AvgIpc) is 3.38. The molecule has 0 aromatic heterocycles. The minimum absolute atomic E-state index is 0.0570. The van der Waals surface area contributed by atoms with Crippen molar-refractivity contribution in [3.05, 3.63) is 23.8 Å². The first-order chi connectivity index (χ1) is 19.6. The number of anilines is 2. The Hall–Kier alpha value is -1.79. The van der Waals surface area contributed by atoms with Gasteiger partial charge in [-0.15, -0.1) is 0 Å². The molecule has 6 nitrogen and oxygen atoms in total. The lowest BCUT2D eigenvalue weighted by Crippen LogP contribution is -2.55. The molecule has 6 fully saturated rings. The number of hydrogen-bond acceptors (Lipinski definition) is 6. The molecule has 6 heteroatoms. The fourth-order valence-electron chi connectivity index (χ4n) is 11.6. The Morgan fingerprint density at radius 3 is 2.61 bits per heavy atom. The molecule has 41 heavy (non-hydrogen) atoms. The maximum absolute atomic E-state index is 12.8. The SMILES string of the molecule is CC1C2C(CC3C4CCC5CC(OC(=O)CCc6ccc(N)cc6N)CCC5(C)C4CCC32C)OC12CCCCO2. The van der Waals surface area contributed by atoms with Crippen LogP contribution in [0.1, 0.15) is 103 Å². The molecule has 0 amide bonds. The van der Waals surface area contributed by atoms with Gasteiger partial charge in [-0.2, -0.15) is 0 Å². The predicted molar refractivity (Wildman–Crippen MR) is 161 cm³/mol. The summed E-state index contributed by atoms with van der Waals surface area (Å²) in [4.78, 5) is 12.8. The number of nitrogen functional groups attached to an aromatic ring is 2. The molecule has 6 aliphatic rings. The molecule has 7 rings (SSSR count). The van der Waals surface area contributed by atoms with Crippen LogP contribution in [0.25, 0.3) is 0 Å². The van der Waals surface area contributed by atoms with Crippen molar-refractivity contribution in [2.45, 2.75) is 122 Å². The molecule has 11 unspecified atom stereocenters. The van der Waals surface area contributed by atoms with Gasteiger partial charge in [0.1, 0.15) is 6.10 Å². The molecule has 0 bridgehead atoms. The Bertz CT molecular complexity index is 1160. The van der Waals surface area contributed by atoms with E-state index in [-0.39, 0.29) is 17.9 Å². The number of aryl methyl sites for hydroxylation is 1. The van der Waals surface area contributed by atoms with Crippen LogP contribution in [-0.4, -0.2) is 30.6 Å². The fraction of sp³-hybridized carbons (Fsp3) is 0.800. The van der Waals surface area contributed by atoms with Crippen LogP contribution in [0.3, 0.4) is 0 Å². The van der Waals surface area contributed by atoms with Gasteiger partial charge in [-0.05, 0) is 129 Å². The summed E-state index contributed by atoms with van der Waals surface area (Å²) in [5.74, 6) is 3.75. The number of esters is 1. The van der Waals surface area contributed by atoms with Gasteiger partial charge in [-0.3, -0.25) is 4.79 Å². The van der Waals surface area contributed by atoms with Gasteiger partial charge in [0, 0.05) is 30.1 Å². The van der Waals surface area contributed by atoms with Gasteiger partial charge in [0.15, 0.2) is 5.79 Å². The molecule has 4 N–H and O–H groups in total. The summed E-state index contributed by atoms with van der Waals surface area (Å²) in [6, 6.07) is 5.53. The molecule has 1 aromatic rings. The Kier molecular flexibility index (Phi) is 6.93. The van der Waals surface area contributed by atoms with E-state index >= 15 is 0 Å². The Morgan fingerprint density at radius 1 is 1.00 bits per heavy atom. The molecule has 11 atom stereocenters. The molecule has 4 aliphatic carbocycles. The van der Waals surface area contributed by atoms with E-state index in [4.69, 9.17) is 25.7 Å². The smallest absolute Gasteiger partial charge is 0.306 e. The maximum Gasteiger partial charge on any atom is 0.306 e. The van der Waals surface area contributed by atoms with Crippen molar-refractivity contribution in [3.63, 3.8) is 0 Å². The molecule has 2 heterocycles. The van der Waals surface area contributed by atoms with Crippen molar-refractivity contribution in [1.29, 1.82) is 0 Å². The quantitative estimate of drug-likeness (QED) is 0.305.